The maximum atomic E-state index is 5.63. The lowest BCUT2D eigenvalue weighted by atomic mass is 9.96. The standard InChI is InChI=1S/C16H28N2O2/c1-5-20-16-11-13(6-7-15(16)19-4)10-14(12(2)3)18-9-8-17/h6-7,11-12,14,18H,5,8-10,17H2,1-4H3. The second-order valence-corrected chi connectivity index (χ2v) is 5.22. The smallest absolute Gasteiger partial charge is 0.161 e. The lowest BCUT2D eigenvalue weighted by molar-refractivity contribution is 0.310. The summed E-state index contributed by atoms with van der Waals surface area (Å²) in [4.78, 5) is 0. The highest BCUT2D eigenvalue weighted by atomic mass is 16.5. The van der Waals surface area contributed by atoms with Gasteiger partial charge < -0.3 is 20.5 Å². The van der Waals surface area contributed by atoms with Crippen molar-refractivity contribution in [3.63, 3.8) is 0 Å². The number of rotatable bonds is 9. The fourth-order valence-corrected chi connectivity index (χ4v) is 2.18. The molecule has 0 amide bonds. The quantitative estimate of drug-likeness (QED) is 0.728. The van der Waals surface area contributed by atoms with Crippen LogP contribution in [-0.2, 0) is 6.42 Å². The van der Waals surface area contributed by atoms with E-state index < -0.39 is 0 Å². The van der Waals surface area contributed by atoms with E-state index in [1.165, 1.54) is 5.56 Å². The van der Waals surface area contributed by atoms with Crippen molar-refractivity contribution < 1.29 is 9.47 Å². The Morgan fingerprint density at radius 3 is 2.55 bits per heavy atom. The average Bonchev–Trinajstić information content (AvgIpc) is 2.43. The zero-order valence-corrected chi connectivity index (χ0v) is 13.1. The second-order valence-electron chi connectivity index (χ2n) is 5.22. The Labute approximate surface area is 122 Å². The van der Waals surface area contributed by atoms with Crippen LogP contribution >= 0.6 is 0 Å². The molecule has 1 aromatic rings. The number of benzene rings is 1. The van der Waals surface area contributed by atoms with Gasteiger partial charge in [0.25, 0.3) is 0 Å². The van der Waals surface area contributed by atoms with Crippen LogP contribution < -0.4 is 20.5 Å². The number of ether oxygens (including phenoxy) is 2. The normalized spacial score (nSPS) is 12.5. The molecule has 0 aliphatic carbocycles. The SMILES string of the molecule is CCOc1cc(CC(NCCN)C(C)C)ccc1OC. The number of methoxy groups -OCH3 is 1. The van der Waals surface area contributed by atoms with Gasteiger partial charge in [-0.15, -0.1) is 0 Å². The van der Waals surface area contributed by atoms with Gasteiger partial charge in [0.15, 0.2) is 11.5 Å². The second kappa shape index (κ2) is 8.82. The van der Waals surface area contributed by atoms with Gasteiger partial charge in [-0.25, -0.2) is 0 Å². The Hall–Kier alpha value is -1.26. The molecule has 0 fully saturated rings. The molecule has 20 heavy (non-hydrogen) atoms. The lowest BCUT2D eigenvalue weighted by Gasteiger charge is -2.23. The molecule has 0 saturated carbocycles. The summed E-state index contributed by atoms with van der Waals surface area (Å²) in [5.74, 6) is 2.15. The van der Waals surface area contributed by atoms with E-state index in [1.54, 1.807) is 7.11 Å². The van der Waals surface area contributed by atoms with Gasteiger partial charge in [-0.1, -0.05) is 19.9 Å². The molecule has 0 bridgehead atoms. The summed E-state index contributed by atoms with van der Waals surface area (Å²) in [7, 11) is 1.66. The van der Waals surface area contributed by atoms with Gasteiger partial charge in [0.05, 0.1) is 13.7 Å². The van der Waals surface area contributed by atoms with Crippen LogP contribution in [0.2, 0.25) is 0 Å². The van der Waals surface area contributed by atoms with Crippen molar-refractivity contribution in [2.24, 2.45) is 11.7 Å². The molecule has 1 unspecified atom stereocenters. The van der Waals surface area contributed by atoms with Crippen LogP contribution in [0.5, 0.6) is 11.5 Å². The zero-order valence-electron chi connectivity index (χ0n) is 13.1. The minimum absolute atomic E-state index is 0.418. The van der Waals surface area contributed by atoms with Crippen LogP contribution in [0.25, 0.3) is 0 Å². The predicted octanol–water partition coefficient (Wildman–Crippen LogP) is 2.21. The number of nitrogens with one attached hydrogen (secondary N) is 1. The Bertz CT molecular complexity index is 394. The Kier molecular flexibility index (Phi) is 7.41. The van der Waals surface area contributed by atoms with Crippen LogP contribution in [-0.4, -0.2) is 32.8 Å². The van der Waals surface area contributed by atoms with Crippen molar-refractivity contribution in [2.75, 3.05) is 26.8 Å². The van der Waals surface area contributed by atoms with Crippen LogP contribution in [0.1, 0.15) is 26.3 Å². The van der Waals surface area contributed by atoms with E-state index >= 15 is 0 Å². The van der Waals surface area contributed by atoms with Gasteiger partial charge in [0.1, 0.15) is 0 Å². The molecule has 0 aliphatic rings. The molecular weight excluding hydrogens is 252 g/mol. The van der Waals surface area contributed by atoms with Gasteiger partial charge in [0, 0.05) is 19.1 Å². The summed E-state index contributed by atoms with van der Waals surface area (Å²) >= 11 is 0. The Morgan fingerprint density at radius 2 is 2.00 bits per heavy atom. The maximum Gasteiger partial charge on any atom is 0.161 e. The summed E-state index contributed by atoms with van der Waals surface area (Å²) in [5.41, 5.74) is 6.82. The van der Waals surface area contributed by atoms with Crippen molar-refractivity contribution >= 4 is 0 Å². The van der Waals surface area contributed by atoms with E-state index in [0.29, 0.717) is 25.1 Å². The first-order chi connectivity index (χ1) is 9.62. The highest BCUT2D eigenvalue weighted by Gasteiger charge is 2.14. The van der Waals surface area contributed by atoms with E-state index in [9.17, 15) is 0 Å². The third-order valence-corrected chi connectivity index (χ3v) is 3.34. The van der Waals surface area contributed by atoms with Gasteiger partial charge in [-0.05, 0) is 37.0 Å². The van der Waals surface area contributed by atoms with Crippen molar-refractivity contribution in [2.45, 2.75) is 33.2 Å². The Balaban J connectivity index is 2.81. The fraction of sp³-hybridized carbons (Fsp3) is 0.625. The molecule has 0 aliphatic heterocycles. The summed E-state index contributed by atoms with van der Waals surface area (Å²) in [6.45, 7) is 8.57. The lowest BCUT2D eigenvalue weighted by Crippen LogP contribution is -2.38. The van der Waals surface area contributed by atoms with Gasteiger partial charge in [-0.2, -0.15) is 0 Å². The first-order valence-electron chi connectivity index (χ1n) is 7.35. The molecule has 0 spiro atoms. The van der Waals surface area contributed by atoms with E-state index in [1.807, 2.05) is 13.0 Å². The molecular formula is C16H28N2O2. The van der Waals surface area contributed by atoms with Crippen molar-refractivity contribution in [1.82, 2.24) is 5.32 Å². The van der Waals surface area contributed by atoms with Crippen LogP contribution in [0, 0.1) is 5.92 Å². The van der Waals surface area contributed by atoms with Gasteiger partial charge >= 0.3 is 0 Å². The molecule has 3 N–H and O–H groups in total. The van der Waals surface area contributed by atoms with E-state index in [2.05, 4.69) is 31.3 Å². The maximum absolute atomic E-state index is 5.63. The van der Waals surface area contributed by atoms with Gasteiger partial charge in [-0.3, -0.25) is 0 Å². The number of hydrogen-bond donors (Lipinski definition) is 2. The topological polar surface area (TPSA) is 56.5 Å². The molecule has 0 aromatic heterocycles. The zero-order chi connectivity index (χ0) is 15.0. The third-order valence-electron chi connectivity index (χ3n) is 3.34. The Morgan fingerprint density at radius 1 is 1.25 bits per heavy atom. The summed E-state index contributed by atoms with van der Waals surface area (Å²) in [6, 6.07) is 6.56. The highest BCUT2D eigenvalue weighted by molar-refractivity contribution is 5.43. The first-order valence-corrected chi connectivity index (χ1v) is 7.35. The third kappa shape index (κ3) is 5.02. The first kappa shape index (κ1) is 16.8. The molecule has 1 atom stereocenters. The van der Waals surface area contributed by atoms with Crippen molar-refractivity contribution in [3.05, 3.63) is 23.8 Å². The van der Waals surface area contributed by atoms with Crippen LogP contribution in [0.3, 0.4) is 0 Å². The van der Waals surface area contributed by atoms with Gasteiger partial charge in [0.2, 0.25) is 0 Å². The summed E-state index contributed by atoms with van der Waals surface area (Å²) < 4.78 is 10.9. The molecule has 4 heteroatoms. The summed E-state index contributed by atoms with van der Waals surface area (Å²) in [5, 5.41) is 3.50. The molecule has 0 saturated heterocycles. The molecule has 1 aromatic carbocycles. The van der Waals surface area contributed by atoms with E-state index in [4.69, 9.17) is 15.2 Å². The van der Waals surface area contributed by atoms with Crippen molar-refractivity contribution in [1.29, 1.82) is 0 Å². The summed E-state index contributed by atoms with van der Waals surface area (Å²) in [6.07, 6.45) is 0.960. The predicted molar refractivity (Wildman–Crippen MR) is 83.6 cm³/mol. The van der Waals surface area contributed by atoms with E-state index in [-0.39, 0.29) is 0 Å². The monoisotopic (exact) mass is 280 g/mol. The minimum atomic E-state index is 0.418. The van der Waals surface area contributed by atoms with Crippen LogP contribution in [0.4, 0.5) is 0 Å². The fourth-order valence-electron chi connectivity index (χ4n) is 2.18. The highest BCUT2D eigenvalue weighted by Crippen LogP contribution is 2.28. The molecule has 1 rings (SSSR count). The average molecular weight is 280 g/mol. The van der Waals surface area contributed by atoms with Crippen molar-refractivity contribution in [3.8, 4) is 11.5 Å². The van der Waals surface area contributed by atoms with E-state index in [0.717, 1.165) is 24.5 Å². The molecule has 4 nitrogen and oxygen atoms in total. The minimum Gasteiger partial charge on any atom is -0.493 e. The molecule has 114 valence electrons. The van der Waals surface area contributed by atoms with Crippen LogP contribution in [0.15, 0.2) is 18.2 Å². The number of nitrogens with two attached hydrogens (primary N) is 1. The molecule has 0 heterocycles. The molecule has 0 radical (unpaired) electrons. The number of hydrogen-bond acceptors (Lipinski definition) is 4. The largest absolute Gasteiger partial charge is 0.493 e.